The third kappa shape index (κ3) is 6.28. The zero-order valence-corrected chi connectivity index (χ0v) is 25.2. The molecule has 0 amide bonds. The van der Waals surface area contributed by atoms with Gasteiger partial charge in [-0.1, -0.05) is 19.9 Å². The highest BCUT2D eigenvalue weighted by molar-refractivity contribution is 5.69. The summed E-state index contributed by atoms with van der Waals surface area (Å²) in [4.78, 5) is 15.8. The van der Waals surface area contributed by atoms with E-state index in [0.29, 0.717) is 54.1 Å². The van der Waals surface area contributed by atoms with Gasteiger partial charge in [0.25, 0.3) is 0 Å². The van der Waals surface area contributed by atoms with Gasteiger partial charge in [-0.05, 0) is 123 Å². The Morgan fingerprint density at radius 2 is 1.82 bits per heavy atom. The minimum Gasteiger partial charge on any atom is -0.469 e. The quantitative estimate of drug-likeness (QED) is 0.224. The Balaban J connectivity index is 1.08. The molecule has 7 nitrogen and oxygen atoms in total. The van der Waals surface area contributed by atoms with E-state index in [1.54, 1.807) is 0 Å². The molecule has 0 spiro atoms. The number of rotatable bonds is 12. The molecule has 0 bridgehead atoms. The summed E-state index contributed by atoms with van der Waals surface area (Å²) in [5, 5.41) is 22.8. The van der Waals surface area contributed by atoms with Crippen LogP contribution in [0, 0.1) is 34.5 Å². The van der Waals surface area contributed by atoms with Crippen molar-refractivity contribution < 1.29 is 14.6 Å². The lowest BCUT2D eigenvalue weighted by Crippen LogP contribution is -2.60. The van der Waals surface area contributed by atoms with Crippen molar-refractivity contribution in [3.63, 3.8) is 0 Å². The van der Waals surface area contributed by atoms with E-state index in [4.69, 9.17) is 4.74 Å². The first-order valence-corrected chi connectivity index (χ1v) is 16.2. The molecule has 5 rings (SSSR count). The monoisotopic (exact) mass is 554 g/mol. The zero-order valence-electron chi connectivity index (χ0n) is 25.2. The standard InChI is InChI=1S/C33H54N4O3/c1-32-13-10-25(36-17-5-4-15-34-21-23-7-6-16-35-22-23)19-24(32)20-28(38)31-26-8-9-29(37-18-12-30(39)40-3)33(26,2)14-11-27(31)32/h6-7,16,22,24-29,31,34,36-38H,4-5,8-15,17-21H2,1-3H3/t24-,25+,26?,27?,28-,29+,31?,32+,33+/m1/s1. The highest BCUT2D eigenvalue weighted by atomic mass is 16.5. The number of unbranched alkanes of at least 4 members (excludes halogenated alkanes) is 1. The maximum atomic E-state index is 11.6. The van der Waals surface area contributed by atoms with Crippen molar-refractivity contribution in [3.05, 3.63) is 30.1 Å². The maximum Gasteiger partial charge on any atom is 0.306 e. The molecule has 0 aliphatic heterocycles. The van der Waals surface area contributed by atoms with E-state index in [-0.39, 0.29) is 17.5 Å². The number of aliphatic hydroxyl groups excluding tert-OH is 1. The number of fused-ring (bicyclic) bond motifs is 5. The van der Waals surface area contributed by atoms with E-state index >= 15 is 0 Å². The predicted molar refractivity (Wildman–Crippen MR) is 159 cm³/mol. The van der Waals surface area contributed by atoms with E-state index in [0.717, 1.165) is 32.5 Å². The van der Waals surface area contributed by atoms with Crippen LogP contribution in [0.2, 0.25) is 0 Å². The number of aromatic nitrogens is 1. The third-order valence-corrected chi connectivity index (χ3v) is 11.9. The van der Waals surface area contributed by atoms with Crippen molar-refractivity contribution in [1.82, 2.24) is 20.9 Å². The number of pyridine rings is 1. The Labute approximate surface area is 242 Å². The summed E-state index contributed by atoms with van der Waals surface area (Å²) in [6.07, 6.45) is 16.0. The molecule has 1 aromatic heterocycles. The van der Waals surface area contributed by atoms with Crippen LogP contribution in [0.25, 0.3) is 0 Å². The molecule has 3 unspecified atom stereocenters. The Bertz CT molecular complexity index is 962. The molecule has 0 saturated heterocycles. The van der Waals surface area contributed by atoms with E-state index in [2.05, 4.69) is 40.8 Å². The largest absolute Gasteiger partial charge is 0.469 e. The smallest absolute Gasteiger partial charge is 0.306 e. The fourth-order valence-electron chi connectivity index (χ4n) is 9.61. The van der Waals surface area contributed by atoms with Crippen molar-refractivity contribution in [2.75, 3.05) is 26.7 Å². The van der Waals surface area contributed by atoms with Gasteiger partial charge in [-0.3, -0.25) is 9.78 Å². The minimum absolute atomic E-state index is 0.142. The Morgan fingerprint density at radius 1 is 1.02 bits per heavy atom. The second kappa shape index (κ2) is 13.2. The van der Waals surface area contributed by atoms with Crippen LogP contribution in [0.1, 0.15) is 90.0 Å². The van der Waals surface area contributed by atoms with E-state index < -0.39 is 0 Å². The number of nitrogens with one attached hydrogen (secondary N) is 3. The number of hydrogen-bond donors (Lipinski definition) is 4. The van der Waals surface area contributed by atoms with Crippen molar-refractivity contribution in [3.8, 4) is 0 Å². The second-order valence-electron chi connectivity index (χ2n) is 13.9. The minimum atomic E-state index is -0.175. The van der Waals surface area contributed by atoms with Gasteiger partial charge in [0.05, 0.1) is 19.6 Å². The summed E-state index contributed by atoms with van der Waals surface area (Å²) < 4.78 is 4.83. The zero-order chi connectivity index (χ0) is 28.2. The molecule has 1 aromatic rings. The van der Waals surface area contributed by atoms with Crippen LogP contribution >= 0.6 is 0 Å². The van der Waals surface area contributed by atoms with E-state index in [9.17, 15) is 9.90 Å². The fraction of sp³-hybridized carbons (Fsp3) is 0.818. The highest BCUT2D eigenvalue weighted by Gasteiger charge is 2.62. The van der Waals surface area contributed by atoms with Crippen LogP contribution in [0.3, 0.4) is 0 Å². The Hall–Kier alpha value is -1.54. The van der Waals surface area contributed by atoms with Gasteiger partial charge in [-0.15, -0.1) is 0 Å². The van der Waals surface area contributed by atoms with Gasteiger partial charge in [0.15, 0.2) is 0 Å². The van der Waals surface area contributed by atoms with Crippen LogP contribution in [-0.2, 0) is 16.1 Å². The molecule has 1 heterocycles. The molecule has 4 fully saturated rings. The van der Waals surface area contributed by atoms with Gasteiger partial charge < -0.3 is 25.8 Å². The molecular weight excluding hydrogens is 500 g/mol. The topological polar surface area (TPSA) is 95.5 Å². The number of ether oxygens (including phenoxy) is 1. The number of hydrogen-bond acceptors (Lipinski definition) is 7. The van der Waals surface area contributed by atoms with Gasteiger partial charge in [0, 0.05) is 37.6 Å². The lowest BCUT2D eigenvalue weighted by molar-refractivity contribution is -0.162. The molecule has 4 aliphatic rings. The molecule has 4 N–H and O–H groups in total. The number of esters is 1. The van der Waals surface area contributed by atoms with Gasteiger partial charge >= 0.3 is 5.97 Å². The molecule has 0 aromatic carbocycles. The predicted octanol–water partition coefficient (Wildman–Crippen LogP) is 4.44. The molecule has 4 saturated carbocycles. The van der Waals surface area contributed by atoms with Crippen LogP contribution in [0.5, 0.6) is 0 Å². The average Bonchev–Trinajstić information content (AvgIpc) is 3.29. The maximum absolute atomic E-state index is 11.6. The van der Waals surface area contributed by atoms with Crippen molar-refractivity contribution in [2.45, 2.75) is 109 Å². The van der Waals surface area contributed by atoms with Crippen LogP contribution in [-0.4, -0.2) is 61.0 Å². The summed E-state index contributed by atoms with van der Waals surface area (Å²) in [5.74, 6) is 2.13. The average molecular weight is 555 g/mol. The molecule has 7 heteroatoms. The van der Waals surface area contributed by atoms with Crippen molar-refractivity contribution in [2.24, 2.45) is 34.5 Å². The SMILES string of the molecule is COC(=O)CCN[C@H]1CCC2C3C(CC[C@@]21C)[C@@]1(C)CC[C@H](NCCCCNCc2cccnc2)C[C@@H]1C[C@H]3O. The second-order valence-corrected chi connectivity index (χ2v) is 13.9. The van der Waals surface area contributed by atoms with E-state index in [1.807, 2.05) is 18.5 Å². The van der Waals surface area contributed by atoms with Crippen molar-refractivity contribution in [1.29, 1.82) is 0 Å². The summed E-state index contributed by atoms with van der Waals surface area (Å²) >= 11 is 0. The Kier molecular flexibility index (Phi) is 9.87. The van der Waals surface area contributed by atoms with E-state index in [1.165, 1.54) is 64.0 Å². The lowest BCUT2D eigenvalue weighted by Gasteiger charge is -2.62. The molecule has 40 heavy (non-hydrogen) atoms. The molecule has 224 valence electrons. The van der Waals surface area contributed by atoms with Crippen LogP contribution < -0.4 is 16.0 Å². The van der Waals surface area contributed by atoms with Crippen molar-refractivity contribution >= 4 is 5.97 Å². The first kappa shape index (κ1) is 29.9. The van der Waals surface area contributed by atoms with Gasteiger partial charge in [0.1, 0.15) is 0 Å². The number of methoxy groups -OCH3 is 1. The first-order chi connectivity index (χ1) is 19.3. The van der Waals surface area contributed by atoms with Gasteiger partial charge in [0.2, 0.25) is 0 Å². The summed E-state index contributed by atoms with van der Waals surface area (Å²) in [7, 11) is 1.46. The summed E-state index contributed by atoms with van der Waals surface area (Å²) in [6, 6.07) is 5.14. The summed E-state index contributed by atoms with van der Waals surface area (Å²) in [5.41, 5.74) is 1.81. The van der Waals surface area contributed by atoms with Crippen LogP contribution in [0.15, 0.2) is 24.5 Å². The molecule has 9 atom stereocenters. The molecule has 4 aliphatic carbocycles. The Morgan fingerprint density at radius 3 is 2.62 bits per heavy atom. The number of carbonyl (C=O) groups is 1. The van der Waals surface area contributed by atoms with Gasteiger partial charge in [-0.2, -0.15) is 0 Å². The third-order valence-electron chi connectivity index (χ3n) is 11.9. The highest BCUT2D eigenvalue weighted by Crippen LogP contribution is 2.66. The molecular formula is C33H54N4O3. The summed E-state index contributed by atoms with van der Waals surface area (Å²) in [6.45, 7) is 8.75. The number of aliphatic hydroxyl groups is 1. The first-order valence-electron chi connectivity index (χ1n) is 16.2. The number of carbonyl (C=O) groups excluding carboxylic acids is 1. The molecule has 0 radical (unpaired) electrons. The lowest BCUT2D eigenvalue weighted by atomic mass is 9.44. The number of nitrogens with zero attached hydrogens (tertiary/aromatic N) is 1. The normalized spacial score (nSPS) is 38.8. The fourth-order valence-corrected chi connectivity index (χ4v) is 9.61. The van der Waals surface area contributed by atoms with Gasteiger partial charge in [-0.25, -0.2) is 0 Å². The van der Waals surface area contributed by atoms with Crippen LogP contribution in [0.4, 0.5) is 0 Å².